The summed E-state index contributed by atoms with van der Waals surface area (Å²) in [5, 5.41) is 6.24. The number of nitrogens with one attached hydrogen (secondary N) is 2. The monoisotopic (exact) mass is 348 g/mol. The van der Waals surface area contributed by atoms with E-state index in [1.807, 2.05) is 37.3 Å². The second kappa shape index (κ2) is 9.03. The summed E-state index contributed by atoms with van der Waals surface area (Å²) in [5.74, 6) is 1.48. The fraction of sp³-hybridized carbons (Fsp3) is 0.278. The third-order valence-electron chi connectivity index (χ3n) is 3.42. The van der Waals surface area contributed by atoms with Crippen LogP contribution in [-0.4, -0.2) is 26.3 Å². The second-order valence-corrected chi connectivity index (χ2v) is 5.59. The van der Waals surface area contributed by atoms with Gasteiger partial charge in [-0.1, -0.05) is 29.8 Å². The zero-order valence-electron chi connectivity index (χ0n) is 13.8. The molecule has 0 aromatic heterocycles. The predicted octanol–water partition coefficient (Wildman–Crippen LogP) is 3.54. The predicted molar refractivity (Wildman–Crippen MR) is 94.9 cm³/mol. The van der Waals surface area contributed by atoms with Crippen LogP contribution in [0.25, 0.3) is 0 Å². The molecule has 0 aliphatic heterocycles. The number of hydrogen-bond donors (Lipinski definition) is 2. The SMILES string of the molecule is COc1ccccc1CNC(=O)NCCOc1ccc(Cl)c(C)c1. The number of carbonyl (C=O) groups excluding carboxylic acids is 1. The number of rotatable bonds is 7. The highest BCUT2D eigenvalue weighted by atomic mass is 35.5. The third kappa shape index (κ3) is 5.35. The number of benzene rings is 2. The number of hydrogen-bond acceptors (Lipinski definition) is 3. The van der Waals surface area contributed by atoms with Crippen LogP contribution in [0.5, 0.6) is 11.5 Å². The first-order valence-corrected chi connectivity index (χ1v) is 8.00. The molecule has 2 aromatic rings. The summed E-state index contributed by atoms with van der Waals surface area (Å²) < 4.78 is 10.8. The molecule has 2 rings (SSSR count). The van der Waals surface area contributed by atoms with Crippen molar-refractivity contribution in [1.29, 1.82) is 0 Å². The zero-order valence-corrected chi connectivity index (χ0v) is 14.5. The number of halogens is 1. The molecule has 0 saturated heterocycles. The maximum Gasteiger partial charge on any atom is 0.315 e. The molecule has 0 bridgehead atoms. The molecule has 0 atom stereocenters. The first-order chi connectivity index (χ1) is 11.6. The van der Waals surface area contributed by atoms with Crippen LogP contribution in [-0.2, 0) is 6.54 Å². The molecule has 0 radical (unpaired) electrons. The number of para-hydroxylation sites is 1. The van der Waals surface area contributed by atoms with Crippen molar-refractivity contribution in [2.75, 3.05) is 20.3 Å². The first kappa shape index (κ1) is 17.9. The standard InChI is InChI=1S/C18H21ClN2O3/c1-13-11-15(7-8-16(13)19)24-10-9-20-18(22)21-12-14-5-3-4-6-17(14)23-2/h3-8,11H,9-10,12H2,1-2H3,(H2,20,21,22). The molecule has 0 unspecified atom stereocenters. The molecule has 0 saturated carbocycles. The van der Waals surface area contributed by atoms with E-state index >= 15 is 0 Å². The van der Waals surface area contributed by atoms with Crippen molar-refractivity contribution in [3.8, 4) is 11.5 Å². The number of urea groups is 1. The Morgan fingerprint density at radius 1 is 1.17 bits per heavy atom. The number of carbonyl (C=O) groups is 1. The Bertz CT molecular complexity index is 692. The Balaban J connectivity index is 1.69. The Kier molecular flexibility index (Phi) is 6.75. The molecule has 0 fully saturated rings. The van der Waals surface area contributed by atoms with E-state index in [0.717, 1.165) is 22.6 Å². The average Bonchev–Trinajstić information content (AvgIpc) is 2.60. The van der Waals surface area contributed by atoms with Crippen LogP contribution in [0.4, 0.5) is 4.79 Å². The topological polar surface area (TPSA) is 59.6 Å². The van der Waals surface area contributed by atoms with Crippen molar-refractivity contribution in [1.82, 2.24) is 10.6 Å². The van der Waals surface area contributed by atoms with Gasteiger partial charge in [0, 0.05) is 17.1 Å². The highest BCUT2D eigenvalue weighted by Gasteiger charge is 2.04. The molecule has 2 amide bonds. The summed E-state index contributed by atoms with van der Waals surface area (Å²) in [6.07, 6.45) is 0. The summed E-state index contributed by atoms with van der Waals surface area (Å²) in [6.45, 7) is 3.09. The van der Waals surface area contributed by atoms with E-state index in [4.69, 9.17) is 21.1 Å². The molecule has 5 nitrogen and oxygen atoms in total. The number of aryl methyl sites for hydroxylation is 1. The van der Waals surface area contributed by atoms with E-state index in [0.29, 0.717) is 24.7 Å². The molecular formula is C18H21ClN2O3. The lowest BCUT2D eigenvalue weighted by molar-refractivity contribution is 0.236. The van der Waals surface area contributed by atoms with Crippen molar-refractivity contribution < 1.29 is 14.3 Å². The van der Waals surface area contributed by atoms with E-state index < -0.39 is 0 Å². The van der Waals surface area contributed by atoms with Crippen LogP contribution in [0.2, 0.25) is 5.02 Å². The average molecular weight is 349 g/mol. The Labute approximate surface area is 146 Å². The molecule has 0 heterocycles. The van der Waals surface area contributed by atoms with Crippen molar-refractivity contribution in [3.63, 3.8) is 0 Å². The lowest BCUT2D eigenvalue weighted by atomic mass is 10.2. The Morgan fingerprint density at radius 3 is 2.71 bits per heavy atom. The molecule has 2 N–H and O–H groups in total. The van der Waals surface area contributed by atoms with Crippen LogP contribution in [0.15, 0.2) is 42.5 Å². The minimum Gasteiger partial charge on any atom is -0.496 e. The smallest absolute Gasteiger partial charge is 0.315 e. The first-order valence-electron chi connectivity index (χ1n) is 7.62. The van der Waals surface area contributed by atoms with Gasteiger partial charge in [-0.2, -0.15) is 0 Å². The zero-order chi connectivity index (χ0) is 17.4. The van der Waals surface area contributed by atoms with E-state index in [9.17, 15) is 4.79 Å². The van der Waals surface area contributed by atoms with Crippen molar-refractivity contribution >= 4 is 17.6 Å². The lowest BCUT2D eigenvalue weighted by Crippen LogP contribution is -2.37. The van der Waals surface area contributed by atoms with Gasteiger partial charge in [0.1, 0.15) is 18.1 Å². The van der Waals surface area contributed by atoms with Crippen LogP contribution in [0, 0.1) is 6.92 Å². The molecule has 128 valence electrons. The Morgan fingerprint density at radius 2 is 1.96 bits per heavy atom. The fourth-order valence-electron chi connectivity index (χ4n) is 2.13. The lowest BCUT2D eigenvalue weighted by Gasteiger charge is -2.11. The van der Waals surface area contributed by atoms with Crippen molar-refractivity contribution in [2.24, 2.45) is 0 Å². The minimum absolute atomic E-state index is 0.253. The van der Waals surface area contributed by atoms with E-state index in [1.165, 1.54) is 0 Å². The van der Waals surface area contributed by atoms with Crippen LogP contribution in [0.1, 0.15) is 11.1 Å². The van der Waals surface area contributed by atoms with Gasteiger partial charge in [-0.3, -0.25) is 0 Å². The molecule has 24 heavy (non-hydrogen) atoms. The van der Waals surface area contributed by atoms with Gasteiger partial charge >= 0.3 is 6.03 Å². The fourth-order valence-corrected chi connectivity index (χ4v) is 2.24. The number of ether oxygens (including phenoxy) is 2. The van der Waals surface area contributed by atoms with Gasteiger partial charge in [-0.25, -0.2) is 4.79 Å². The van der Waals surface area contributed by atoms with Gasteiger partial charge in [-0.05, 0) is 36.8 Å². The summed E-state index contributed by atoms with van der Waals surface area (Å²) in [7, 11) is 1.61. The van der Waals surface area contributed by atoms with Crippen LogP contribution >= 0.6 is 11.6 Å². The molecule has 2 aromatic carbocycles. The molecular weight excluding hydrogens is 328 g/mol. The number of methoxy groups -OCH3 is 1. The summed E-state index contributed by atoms with van der Waals surface area (Å²) in [6, 6.07) is 12.8. The van der Waals surface area contributed by atoms with Gasteiger partial charge in [0.05, 0.1) is 13.7 Å². The molecule has 6 heteroatoms. The second-order valence-electron chi connectivity index (χ2n) is 5.18. The minimum atomic E-state index is -0.253. The normalized spacial score (nSPS) is 10.1. The third-order valence-corrected chi connectivity index (χ3v) is 3.84. The summed E-state index contributed by atoms with van der Waals surface area (Å²) in [5.41, 5.74) is 1.87. The maximum atomic E-state index is 11.8. The maximum absolute atomic E-state index is 11.8. The Hall–Kier alpha value is -2.40. The van der Waals surface area contributed by atoms with Crippen molar-refractivity contribution in [3.05, 3.63) is 58.6 Å². The van der Waals surface area contributed by atoms with Gasteiger partial charge in [0.25, 0.3) is 0 Å². The highest BCUT2D eigenvalue weighted by molar-refractivity contribution is 6.31. The van der Waals surface area contributed by atoms with Crippen molar-refractivity contribution in [2.45, 2.75) is 13.5 Å². The molecule has 0 aliphatic carbocycles. The van der Waals surface area contributed by atoms with E-state index in [-0.39, 0.29) is 6.03 Å². The summed E-state index contributed by atoms with van der Waals surface area (Å²) in [4.78, 5) is 11.8. The summed E-state index contributed by atoms with van der Waals surface area (Å²) >= 11 is 5.96. The molecule has 0 aliphatic rings. The van der Waals surface area contributed by atoms with Gasteiger partial charge < -0.3 is 20.1 Å². The van der Waals surface area contributed by atoms with Crippen LogP contribution < -0.4 is 20.1 Å². The van der Waals surface area contributed by atoms with E-state index in [2.05, 4.69) is 10.6 Å². The van der Waals surface area contributed by atoms with Gasteiger partial charge in [0.15, 0.2) is 0 Å². The highest BCUT2D eigenvalue weighted by Crippen LogP contribution is 2.20. The van der Waals surface area contributed by atoms with Gasteiger partial charge in [-0.15, -0.1) is 0 Å². The van der Waals surface area contributed by atoms with E-state index in [1.54, 1.807) is 19.2 Å². The quantitative estimate of drug-likeness (QED) is 0.752. The largest absolute Gasteiger partial charge is 0.496 e. The molecule has 0 spiro atoms. The van der Waals surface area contributed by atoms with Gasteiger partial charge in [0.2, 0.25) is 0 Å². The van der Waals surface area contributed by atoms with Crippen LogP contribution in [0.3, 0.4) is 0 Å². The number of amides is 2.